The van der Waals surface area contributed by atoms with E-state index in [1.807, 2.05) is 36.0 Å². The van der Waals surface area contributed by atoms with Crippen LogP contribution in [0.2, 0.25) is 5.02 Å². The fourth-order valence-electron chi connectivity index (χ4n) is 2.75. The maximum absolute atomic E-state index is 6.00. The van der Waals surface area contributed by atoms with Gasteiger partial charge in [0.1, 0.15) is 17.9 Å². The molecule has 112 valence electrons. The Bertz CT molecular complexity index is 825. The number of aromatic nitrogens is 2. The average Bonchev–Trinajstić information content (AvgIpc) is 3.17. The van der Waals surface area contributed by atoms with Crippen molar-refractivity contribution in [2.75, 3.05) is 23.1 Å². The number of hydrogen-bond donors (Lipinski definition) is 0. The summed E-state index contributed by atoms with van der Waals surface area (Å²) in [6, 6.07) is 7.66. The molecule has 0 spiro atoms. The molecule has 0 N–H and O–H groups in total. The third-order valence-electron chi connectivity index (χ3n) is 3.87. The Labute approximate surface area is 137 Å². The zero-order valence-corrected chi connectivity index (χ0v) is 13.6. The number of thioether (sulfide) groups is 1. The van der Waals surface area contributed by atoms with Crippen molar-refractivity contribution in [3.63, 3.8) is 0 Å². The quantitative estimate of drug-likeness (QED) is 0.697. The van der Waals surface area contributed by atoms with E-state index in [9.17, 15) is 0 Å². The SMILES string of the molecule is Cc1c(-c2ccc(Cl)cc2)oc2ncnc(N3CCSC3)c12. The number of benzene rings is 1. The largest absolute Gasteiger partial charge is 0.437 e. The van der Waals surface area contributed by atoms with Crippen molar-refractivity contribution in [1.82, 2.24) is 9.97 Å². The molecule has 4 rings (SSSR count). The zero-order valence-electron chi connectivity index (χ0n) is 12.0. The highest BCUT2D eigenvalue weighted by molar-refractivity contribution is 7.99. The smallest absolute Gasteiger partial charge is 0.232 e. The Morgan fingerprint density at radius 3 is 2.77 bits per heavy atom. The van der Waals surface area contributed by atoms with Gasteiger partial charge in [-0.25, -0.2) is 9.97 Å². The van der Waals surface area contributed by atoms with E-state index in [2.05, 4.69) is 21.8 Å². The number of hydrogen-bond acceptors (Lipinski definition) is 5. The fraction of sp³-hybridized carbons (Fsp3) is 0.250. The van der Waals surface area contributed by atoms with Crippen LogP contribution in [0.3, 0.4) is 0 Å². The van der Waals surface area contributed by atoms with Gasteiger partial charge in [0.25, 0.3) is 0 Å². The van der Waals surface area contributed by atoms with E-state index in [-0.39, 0.29) is 0 Å². The number of fused-ring (bicyclic) bond motifs is 1. The average molecular weight is 332 g/mol. The van der Waals surface area contributed by atoms with Gasteiger partial charge in [-0.15, -0.1) is 11.8 Å². The van der Waals surface area contributed by atoms with Crippen LogP contribution < -0.4 is 4.90 Å². The zero-order chi connectivity index (χ0) is 15.1. The molecule has 1 saturated heterocycles. The first-order valence-corrected chi connectivity index (χ1v) is 8.60. The molecule has 0 amide bonds. The van der Waals surface area contributed by atoms with Gasteiger partial charge in [-0.2, -0.15) is 0 Å². The molecule has 1 aliphatic rings. The minimum absolute atomic E-state index is 0.643. The Morgan fingerprint density at radius 1 is 1.23 bits per heavy atom. The van der Waals surface area contributed by atoms with E-state index in [0.717, 1.165) is 46.3 Å². The lowest BCUT2D eigenvalue weighted by atomic mass is 10.1. The number of rotatable bonds is 2. The first-order chi connectivity index (χ1) is 10.7. The maximum Gasteiger partial charge on any atom is 0.232 e. The summed E-state index contributed by atoms with van der Waals surface area (Å²) in [5.41, 5.74) is 2.72. The van der Waals surface area contributed by atoms with Gasteiger partial charge >= 0.3 is 0 Å². The van der Waals surface area contributed by atoms with E-state index < -0.39 is 0 Å². The standard InChI is InChI=1S/C16H14ClN3OS/c1-10-13-15(20-6-7-22-9-20)18-8-19-16(13)21-14(10)11-2-4-12(17)5-3-11/h2-5,8H,6-7,9H2,1H3. The third kappa shape index (κ3) is 2.25. The summed E-state index contributed by atoms with van der Waals surface area (Å²) in [4.78, 5) is 11.1. The van der Waals surface area contributed by atoms with Crippen LogP contribution in [0.5, 0.6) is 0 Å². The van der Waals surface area contributed by atoms with Crippen LogP contribution in [-0.4, -0.2) is 28.1 Å². The molecule has 3 aromatic rings. The second-order valence-electron chi connectivity index (χ2n) is 5.24. The van der Waals surface area contributed by atoms with Crippen molar-refractivity contribution in [2.45, 2.75) is 6.92 Å². The topological polar surface area (TPSA) is 42.2 Å². The lowest BCUT2D eigenvalue weighted by molar-refractivity contribution is 0.615. The first-order valence-electron chi connectivity index (χ1n) is 7.07. The Morgan fingerprint density at radius 2 is 2.05 bits per heavy atom. The predicted octanol–water partition coefficient (Wildman–Crippen LogP) is 4.36. The van der Waals surface area contributed by atoms with Crippen molar-refractivity contribution in [2.24, 2.45) is 0 Å². The minimum atomic E-state index is 0.643. The number of halogens is 1. The van der Waals surface area contributed by atoms with Gasteiger partial charge in [-0.05, 0) is 31.2 Å². The summed E-state index contributed by atoms with van der Waals surface area (Å²) >= 11 is 7.88. The molecular formula is C16H14ClN3OS. The lowest BCUT2D eigenvalue weighted by Crippen LogP contribution is -2.19. The highest BCUT2D eigenvalue weighted by atomic mass is 35.5. The molecule has 0 radical (unpaired) electrons. The van der Waals surface area contributed by atoms with Gasteiger partial charge in [0, 0.05) is 28.4 Å². The molecule has 0 bridgehead atoms. The summed E-state index contributed by atoms with van der Waals surface area (Å²) in [5, 5.41) is 1.72. The van der Waals surface area contributed by atoms with Gasteiger partial charge in [-0.1, -0.05) is 11.6 Å². The second-order valence-corrected chi connectivity index (χ2v) is 6.75. The molecule has 6 heteroatoms. The molecule has 3 heterocycles. The molecule has 2 aromatic heterocycles. The first kappa shape index (κ1) is 13.9. The van der Waals surface area contributed by atoms with Crippen molar-refractivity contribution in [3.8, 4) is 11.3 Å². The summed E-state index contributed by atoms with van der Waals surface area (Å²) in [7, 11) is 0. The summed E-state index contributed by atoms with van der Waals surface area (Å²) in [6.07, 6.45) is 1.58. The van der Waals surface area contributed by atoms with Crippen LogP contribution in [0.25, 0.3) is 22.4 Å². The summed E-state index contributed by atoms with van der Waals surface area (Å²) < 4.78 is 6.00. The lowest BCUT2D eigenvalue weighted by Gasteiger charge is -2.15. The van der Waals surface area contributed by atoms with E-state index in [4.69, 9.17) is 16.0 Å². The fourth-order valence-corrected chi connectivity index (χ4v) is 3.83. The minimum Gasteiger partial charge on any atom is -0.437 e. The van der Waals surface area contributed by atoms with E-state index in [1.54, 1.807) is 6.33 Å². The molecule has 1 aromatic carbocycles. The molecule has 1 fully saturated rings. The van der Waals surface area contributed by atoms with Crippen molar-refractivity contribution >= 4 is 40.3 Å². The van der Waals surface area contributed by atoms with Crippen molar-refractivity contribution in [3.05, 3.63) is 41.2 Å². The van der Waals surface area contributed by atoms with Gasteiger partial charge in [0.15, 0.2) is 0 Å². The number of aryl methyl sites for hydroxylation is 1. The van der Waals surface area contributed by atoms with Gasteiger partial charge in [0.2, 0.25) is 5.71 Å². The maximum atomic E-state index is 6.00. The second kappa shape index (κ2) is 5.48. The number of anilines is 1. The highest BCUT2D eigenvalue weighted by Gasteiger charge is 2.22. The summed E-state index contributed by atoms with van der Waals surface area (Å²) in [5.74, 6) is 3.90. The molecule has 0 saturated carbocycles. The van der Waals surface area contributed by atoms with E-state index in [0.29, 0.717) is 10.7 Å². The monoisotopic (exact) mass is 331 g/mol. The van der Waals surface area contributed by atoms with E-state index in [1.165, 1.54) is 0 Å². The molecule has 1 aliphatic heterocycles. The molecule has 0 atom stereocenters. The highest BCUT2D eigenvalue weighted by Crippen LogP contribution is 2.37. The Balaban J connectivity index is 1.89. The van der Waals surface area contributed by atoms with Gasteiger partial charge in [0.05, 0.1) is 11.3 Å². The van der Waals surface area contributed by atoms with Crippen molar-refractivity contribution in [1.29, 1.82) is 0 Å². The van der Waals surface area contributed by atoms with Crippen LogP contribution in [0, 0.1) is 6.92 Å². The van der Waals surface area contributed by atoms with Crippen molar-refractivity contribution < 1.29 is 4.42 Å². The number of furan rings is 1. The molecular weight excluding hydrogens is 318 g/mol. The normalized spacial score (nSPS) is 14.9. The van der Waals surface area contributed by atoms with Gasteiger partial charge in [-0.3, -0.25) is 0 Å². The Hall–Kier alpha value is -1.72. The molecule has 4 nitrogen and oxygen atoms in total. The third-order valence-corrected chi connectivity index (χ3v) is 5.08. The van der Waals surface area contributed by atoms with Crippen LogP contribution in [0.15, 0.2) is 35.0 Å². The van der Waals surface area contributed by atoms with Crippen LogP contribution in [-0.2, 0) is 0 Å². The number of nitrogens with zero attached hydrogens (tertiary/aromatic N) is 3. The van der Waals surface area contributed by atoms with E-state index >= 15 is 0 Å². The van der Waals surface area contributed by atoms with Crippen LogP contribution >= 0.6 is 23.4 Å². The van der Waals surface area contributed by atoms with Crippen LogP contribution in [0.1, 0.15) is 5.56 Å². The Kier molecular flexibility index (Phi) is 3.47. The van der Waals surface area contributed by atoms with Crippen LogP contribution in [0.4, 0.5) is 5.82 Å². The van der Waals surface area contributed by atoms with Gasteiger partial charge < -0.3 is 9.32 Å². The molecule has 0 aliphatic carbocycles. The molecule has 0 unspecified atom stereocenters. The predicted molar refractivity (Wildman–Crippen MR) is 91.7 cm³/mol. The summed E-state index contributed by atoms with van der Waals surface area (Å²) in [6.45, 7) is 3.07. The molecule has 22 heavy (non-hydrogen) atoms.